The minimum Gasteiger partial charge on any atom is -0.432 e. The van der Waals surface area contributed by atoms with Crippen LogP contribution in [0.25, 0.3) is 0 Å². The van der Waals surface area contributed by atoms with Gasteiger partial charge in [-0.2, -0.15) is 4.98 Å². The quantitative estimate of drug-likeness (QED) is 0.648. The lowest BCUT2D eigenvalue weighted by atomic mass is 10.3. The lowest BCUT2D eigenvalue weighted by Crippen LogP contribution is -2.03. The number of aromatic nitrogens is 2. The van der Waals surface area contributed by atoms with Crippen molar-refractivity contribution in [3.05, 3.63) is 44.7 Å². The number of methoxy groups -OCH3 is 1. The van der Waals surface area contributed by atoms with Gasteiger partial charge in [0.05, 0.1) is 4.92 Å². The monoisotopic (exact) mass is 354 g/mol. The number of nitrogens with zero attached hydrogens (tertiary/aromatic N) is 3. The summed E-state index contributed by atoms with van der Waals surface area (Å²) >= 11 is 3.17. The van der Waals surface area contributed by atoms with Crippen LogP contribution in [-0.4, -0.2) is 22.0 Å². The molecule has 1 aromatic carbocycles. The lowest BCUT2D eigenvalue weighted by Gasteiger charge is -2.08. The van der Waals surface area contributed by atoms with Gasteiger partial charge >= 0.3 is 5.69 Å². The molecule has 2 N–H and O–H groups in total. The number of anilines is 1. The maximum Gasteiger partial charge on any atom is 0.312 e. The number of hydrogen-bond donors (Lipinski definition) is 1. The summed E-state index contributed by atoms with van der Waals surface area (Å²) in [6.07, 6.45) is 0. The number of hydrogen-bond acceptors (Lipinski definition) is 7. The first-order chi connectivity index (χ1) is 9.99. The molecule has 0 aliphatic carbocycles. The van der Waals surface area contributed by atoms with Crippen LogP contribution in [0.1, 0.15) is 5.82 Å². The summed E-state index contributed by atoms with van der Waals surface area (Å²) in [6, 6.07) is 5.82. The van der Waals surface area contributed by atoms with E-state index in [9.17, 15) is 10.1 Å². The van der Waals surface area contributed by atoms with Crippen LogP contribution in [0.4, 0.5) is 11.5 Å². The molecule has 0 saturated carbocycles. The zero-order valence-corrected chi connectivity index (χ0v) is 12.5. The van der Waals surface area contributed by atoms with Crippen LogP contribution in [0.2, 0.25) is 0 Å². The lowest BCUT2D eigenvalue weighted by molar-refractivity contribution is -0.385. The first-order valence-electron chi connectivity index (χ1n) is 5.73. The second-order valence-corrected chi connectivity index (χ2v) is 4.87. The van der Waals surface area contributed by atoms with Crippen molar-refractivity contribution in [3.63, 3.8) is 0 Å². The van der Waals surface area contributed by atoms with E-state index in [1.54, 1.807) is 6.07 Å². The molecule has 9 heteroatoms. The second-order valence-electron chi connectivity index (χ2n) is 3.95. The van der Waals surface area contributed by atoms with E-state index in [0.29, 0.717) is 10.3 Å². The van der Waals surface area contributed by atoms with Crippen LogP contribution in [-0.2, 0) is 11.3 Å². The van der Waals surface area contributed by atoms with E-state index in [0.717, 1.165) is 0 Å². The van der Waals surface area contributed by atoms with Gasteiger partial charge in [-0.25, -0.2) is 4.98 Å². The number of halogens is 1. The summed E-state index contributed by atoms with van der Waals surface area (Å²) in [5, 5.41) is 11.0. The second kappa shape index (κ2) is 6.46. The zero-order chi connectivity index (χ0) is 15.4. The Balaban J connectivity index is 2.36. The van der Waals surface area contributed by atoms with E-state index in [1.807, 2.05) is 0 Å². The minimum absolute atomic E-state index is 0.0599. The molecule has 1 heterocycles. The first kappa shape index (κ1) is 15.1. The van der Waals surface area contributed by atoms with Crippen molar-refractivity contribution in [2.24, 2.45) is 0 Å². The topological polar surface area (TPSA) is 113 Å². The Morgan fingerprint density at radius 3 is 2.81 bits per heavy atom. The Hall–Kier alpha value is -2.26. The fraction of sp³-hybridized carbons (Fsp3) is 0.167. The highest BCUT2D eigenvalue weighted by Crippen LogP contribution is 2.33. The molecule has 0 saturated heterocycles. The molecule has 8 nitrogen and oxygen atoms in total. The first-order valence-corrected chi connectivity index (χ1v) is 6.53. The Bertz CT molecular complexity index is 680. The fourth-order valence-electron chi connectivity index (χ4n) is 1.57. The summed E-state index contributed by atoms with van der Waals surface area (Å²) in [4.78, 5) is 18.5. The number of rotatable bonds is 5. The van der Waals surface area contributed by atoms with E-state index in [1.165, 1.54) is 25.3 Å². The van der Waals surface area contributed by atoms with Gasteiger partial charge in [-0.05, 0) is 12.1 Å². The van der Waals surface area contributed by atoms with Crippen molar-refractivity contribution in [2.75, 3.05) is 12.8 Å². The van der Waals surface area contributed by atoms with Crippen molar-refractivity contribution < 1.29 is 14.4 Å². The van der Waals surface area contributed by atoms with Crippen LogP contribution >= 0.6 is 15.9 Å². The molecule has 0 radical (unpaired) electrons. The Morgan fingerprint density at radius 2 is 2.14 bits per heavy atom. The average Bonchev–Trinajstić information content (AvgIpc) is 2.40. The molecule has 0 atom stereocenters. The molecule has 0 aliphatic heterocycles. The molecule has 110 valence electrons. The SMILES string of the molecule is COCc1nc(N)cc(Oc2ccc(Br)cc2[N+](=O)[O-])n1. The predicted molar refractivity (Wildman–Crippen MR) is 78.0 cm³/mol. The smallest absolute Gasteiger partial charge is 0.312 e. The largest absolute Gasteiger partial charge is 0.432 e. The average molecular weight is 355 g/mol. The number of nitro benzene ring substituents is 1. The summed E-state index contributed by atoms with van der Waals surface area (Å²) < 4.78 is 10.9. The molecule has 21 heavy (non-hydrogen) atoms. The standard InChI is InChI=1S/C12H11BrN4O4/c1-20-6-11-15-10(14)5-12(16-11)21-9-3-2-7(13)4-8(9)17(18)19/h2-5H,6H2,1H3,(H2,14,15,16). The third kappa shape index (κ3) is 3.86. The van der Waals surface area contributed by atoms with Crippen molar-refractivity contribution in [2.45, 2.75) is 6.61 Å². The van der Waals surface area contributed by atoms with Gasteiger partial charge in [0, 0.05) is 23.7 Å². The molecule has 0 spiro atoms. The summed E-state index contributed by atoms with van der Waals surface area (Å²) in [5.41, 5.74) is 5.45. The minimum atomic E-state index is -0.541. The highest BCUT2D eigenvalue weighted by atomic mass is 79.9. The van der Waals surface area contributed by atoms with E-state index < -0.39 is 4.92 Å². The number of nitrogen functional groups attached to an aromatic ring is 1. The van der Waals surface area contributed by atoms with Gasteiger partial charge in [0.15, 0.2) is 5.82 Å². The summed E-state index contributed by atoms with van der Waals surface area (Å²) in [7, 11) is 1.49. The third-order valence-electron chi connectivity index (χ3n) is 2.37. The molecule has 0 unspecified atom stereocenters. The van der Waals surface area contributed by atoms with Crippen LogP contribution in [0, 0.1) is 10.1 Å². The predicted octanol–water partition coefficient (Wildman–Crippen LogP) is 2.67. The molecule has 2 aromatic rings. The number of nitrogens with two attached hydrogens (primary N) is 1. The molecular formula is C12H11BrN4O4. The van der Waals surface area contributed by atoms with Gasteiger partial charge in [-0.3, -0.25) is 10.1 Å². The third-order valence-corrected chi connectivity index (χ3v) is 2.87. The van der Waals surface area contributed by atoms with Crippen LogP contribution in [0.5, 0.6) is 11.6 Å². The van der Waals surface area contributed by atoms with E-state index in [2.05, 4.69) is 25.9 Å². The van der Waals surface area contributed by atoms with Crippen LogP contribution in [0.15, 0.2) is 28.7 Å². The molecule has 0 fully saturated rings. The Morgan fingerprint density at radius 1 is 1.38 bits per heavy atom. The number of ether oxygens (including phenoxy) is 2. The van der Waals surface area contributed by atoms with E-state index in [4.69, 9.17) is 15.2 Å². The van der Waals surface area contributed by atoms with Crippen LogP contribution in [0.3, 0.4) is 0 Å². The maximum absolute atomic E-state index is 11.0. The van der Waals surface area contributed by atoms with Crippen molar-refractivity contribution in [1.29, 1.82) is 0 Å². The highest BCUT2D eigenvalue weighted by Gasteiger charge is 2.17. The summed E-state index contributed by atoms with van der Waals surface area (Å²) in [6.45, 7) is 0.157. The van der Waals surface area contributed by atoms with Gasteiger partial charge in [0.1, 0.15) is 12.4 Å². The van der Waals surface area contributed by atoms with Gasteiger partial charge < -0.3 is 15.2 Å². The van der Waals surface area contributed by atoms with Gasteiger partial charge in [-0.15, -0.1) is 0 Å². The normalized spacial score (nSPS) is 10.4. The molecular weight excluding hydrogens is 344 g/mol. The molecule has 2 rings (SSSR count). The van der Waals surface area contributed by atoms with Gasteiger partial charge in [0.25, 0.3) is 0 Å². The fourth-order valence-corrected chi connectivity index (χ4v) is 1.92. The zero-order valence-electron chi connectivity index (χ0n) is 10.9. The summed E-state index contributed by atoms with van der Waals surface area (Å²) in [5.74, 6) is 0.684. The van der Waals surface area contributed by atoms with Crippen molar-refractivity contribution in [1.82, 2.24) is 9.97 Å². The molecule has 0 amide bonds. The van der Waals surface area contributed by atoms with E-state index >= 15 is 0 Å². The molecule has 0 aliphatic rings. The van der Waals surface area contributed by atoms with Crippen molar-refractivity contribution in [3.8, 4) is 11.6 Å². The van der Waals surface area contributed by atoms with Crippen LogP contribution < -0.4 is 10.5 Å². The van der Waals surface area contributed by atoms with Crippen molar-refractivity contribution >= 4 is 27.4 Å². The number of nitro groups is 1. The Kier molecular flexibility index (Phi) is 4.66. The Labute approximate surface area is 128 Å². The van der Waals surface area contributed by atoms with Gasteiger partial charge in [0.2, 0.25) is 11.6 Å². The highest BCUT2D eigenvalue weighted by molar-refractivity contribution is 9.10. The maximum atomic E-state index is 11.0. The van der Waals surface area contributed by atoms with E-state index in [-0.39, 0.29) is 29.7 Å². The molecule has 1 aromatic heterocycles. The van der Waals surface area contributed by atoms with Gasteiger partial charge in [-0.1, -0.05) is 15.9 Å². The molecule has 0 bridgehead atoms. The number of benzene rings is 1.